The van der Waals surface area contributed by atoms with Gasteiger partial charge in [0.05, 0.1) is 6.42 Å². The quantitative estimate of drug-likeness (QED) is 0.611. The Labute approximate surface area is 164 Å². The standard InChI is InChI=1S/C22H22N4O2/c1-2-9-18(27)14-20-23-15-19(22(28)25-17-12-7-4-8-13-17)21(26-20)24-16-10-5-3-6-11-16/h3-8,10-13,15H,2,9,14H2,1H3,(H,25,28)(H,23,24,26). The first-order valence-corrected chi connectivity index (χ1v) is 9.22. The van der Waals surface area contributed by atoms with Gasteiger partial charge in [0.15, 0.2) is 0 Å². The number of anilines is 3. The topological polar surface area (TPSA) is 84.0 Å². The van der Waals surface area contributed by atoms with E-state index in [0.29, 0.717) is 29.3 Å². The molecule has 1 amide bonds. The van der Waals surface area contributed by atoms with Gasteiger partial charge >= 0.3 is 0 Å². The lowest BCUT2D eigenvalue weighted by molar-refractivity contribution is -0.118. The Balaban J connectivity index is 1.88. The molecule has 0 aliphatic carbocycles. The smallest absolute Gasteiger partial charge is 0.261 e. The summed E-state index contributed by atoms with van der Waals surface area (Å²) in [6.07, 6.45) is 2.88. The van der Waals surface area contributed by atoms with Gasteiger partial charge in [0.2, 0.25) is 0 Å². The second-order valence-electron chi connectivity index (χ2n) is 6.33. The molecule has 0 saturated heterocycles. The first kappa shape index (κ1) is 19.2. The van der Waals surface area contributed by atoms with Gasteiger partial charge in [0, 0.05) is 24.0 Å². The Hall–Kier alpha value is -3.54. The first-order chi connectivity index (χ1) is 13.7. The molecule has 6 heteroatoms. The minimum Gasteiger partial charge on any atom is -0.339 e. The van der Waals surface area contributed by atoms with Crippen LogP contribution in [-0.2, 0) is 11.2 Å². The van der Waals surface area contributed by atoms with Crippen LogP contribution in [0.25, 0.3) is 0 Å². The molecule has 0 aliphatic heterocycles. The first-order valence-electron chi connectivity index (χ1n) is 9.22. The third-order valence-corrected chi connectivity index (χ3v) is 4.04. The third-order valence-electron chi connectivity index (χ3n) is 4.04. The zero-order valence-corrected chi connectivity index (χ0v) is 15.7. The van der Waals surface area contributed by atoms with Crippen LogP contribution in [0.4, 0.5) is 17.2 Å². The van der Waals surface area contributed by atoms with Gasteiger partial charge in [-0.1, -0.05) is 43.3 Å². The number of carbonyl (C=O) groups is 2. The summed E-state index contributed by atoms with van der Waals surface area (Å²) in [6, 6.07) is 18.6. The van der Waals surface area contributed by atoms with Crippen molar-refractivity contribution in [3.63, 3.8) is 0 Å². The molecule has 142 valence electrons. The summed E-state index contributed by atoms with van der Waals surface area (Å²) < 4.78 is 0. The summed E-state index contributed by atoms with van der Waals surface area (Å²) in [5.74, 6) is 0.521. The van der Waals surface area contributed by atoms with E-state index >= 15 is 0 Å². The second-order valence-corrected chi connectivity index (χ2v) is 6.33. The molecular formula is C22H22N4O2. The maximum atomic E-state index is 12.8. The number of hydrogen-bond donors (Lipinski definition) is 2. The van der Waals surface area contributed by atoms with Gasteiger partial charge in [-0.3, -0.25) is 9.59 Å². The SMILES string of the molecule is CCCC(=O)Cc1ncc(C(=O)Nc2ccccc2)c(Nc2ccccc2)n1. The monoisotopic (exact) mass is 374 g/mol. The van der Waals surface area contributed by atoms with E-state index in [2.05, 4.69) is 20.6 Å². The lowest BCUT2D eigenvalue weighted by atomic mass is 10.1. The average Bonchev–Trinajstić information content (AvgIpc) is 2.70. The maximum absolute atomic E-state index is 12.8. The predicted octanol–water partition coefficient (Wildman–Crippen LogP) is 4.38. The fourth-order valence-corrected chi connectivity index (χ4v) is 2.69. The molecule has 2 aromatic carbocycles. The molecule has 0 fully saturated rings. The lowest BCUT2D eigenvalue weighted by Gasteiger charge is -2.12. The van der Waals surface area contributed by atoms with Gasteiger partial charge in [-0.05, 0) is 30.7 Å². The van der Waals surface area contributed by atoms with Gasteiger partial charge < -0.3 is 10.6 Å². The van der Waals surface area contributed by atoms with Gasteiger partial charge in [-0.15, -0.1) is 0 Å². The molecule has 0 bridgehead atoms. The number of rotatable bonds is 8. The van der Waals surface area contributed by atoms with Crippen LogP contribution in [0.1, 0.15) is 35.9 Å². The van der Waals surface area contributed by atoms with Crippen molar-refractivity contribution >= 4 is 28.9 Å². The highest BCUT2D eigenvalue weighted by atomic mass is 16.1. The van der Waals surface area contributed by atoms with Crippen molar-refractivity contribution in [1.29, 1.82) is 0 Å². The zero-order valence-electron chi connectivity index (χ0n) is 15.7. The normalized spacial score (nSPS) is 10.3. The molecule has 0 aliphatic rings. The average molecular weight is 374 g/mol. The summed E-state index contributed by atoms with van der Waals surface area (Å²) in [5.41, 5.74) is 1.78. The van der Waals surface area contributed by atoms with Crippen LogP contribution in [0.2, 0.25) is 0 Å². The van der Waals surface area contributed by atoms with Crippen molar-refractivity contribution in [1.82, 2.24) is 9.97 Å². The van der Waals surface area contributed by atoms with Gasteiger partial charge in [-0.2, -0.15) is 0 Å². The summed E-state index contributed by atoms with van der Waals surface area (Å²) in [6.45, 7) is 1.96. The number of ketones is 1. The fourth-order valence-electron chi connectivity index (χ4n) is 2.69. The van der Waals surface area contributed by atoms with Crippen molar-refractivity contribution in [2.75, 3.05) is 10.6 Å². The number of hydrogen-bond acceptors (Lipinski definition) is 5. The minimum absolute atomic E-state index is 0.0784. The number of benzene rings is 2. The van der Waals surface area contributed by atoms with E-state index in [1.165, 1.54) is 6.20 Å². The fraction of sp³-hybridized carbons (Fsp3) is 0.182. The van der Waals surface area contributed by atoms with E-state index in [0.717, 1.165) is 12.1 Å². The number of Topliss-reactive ketones (excluding diaryl/α,β-unsaturated/α-hetero) is 1. The number of nitrogens with zero attached hydrogens (tertiary/aromatic N) is 2. The molecule has 1 aromatic heterocycles. The van der Waals surface area contributed by atoms with Gasteiger partial charge in [0.25, 0.3) is 5.91 Å². The molecule has 1 heterocycles. The number of aromatic nitrogens is 2. The van der Waals surface area contributed by atoms with Crippen molar-refractivity contribution in [3.8, 4) is 0 Å². The Kier molecular flexibility index (Phi) is 6.46. The van der Waals surface area contributed by atoms with Crippen LogP contribution in [0.15, 0.2) is 66.9 Å². The van der Waals surface area contributed by atoms with Crippen molar-refractivity contribution in [2.24, 2.45) is 0 Å². The number of para-hydroxylation sites is 2. The molecule has 0 atom stereocenters. The maximum Gasteiger partial charge on any atom is 0.261 e. The summed E-state index contributed by atoms with van der Waals surface area (Å²) in [5, 5.41) is 6.00. The van der Waals surface area contributed by atoms with E-state index in [9.17, 15) is 9.59 Å². The van der Waals surface area contributed by atoms with Crippen LogP contribution in [-0.4, -0.2) is 21.7 Å². The van der Waals surface area contributed by atoms with E-state index in [4.69, 9.17) is 0 Å². The largest absolute Gasteiger partial charge is 0.339 e. The minimum atomic E-state index is -0.323. The highest BCUT2D eigenvalue weighted by molar-refractivity contribution is 6.07. The van der Waals surface area contributed by atoms with Crippen LogP contribution >= 0.6 is 0 Å². The molecule has 6 nitrogen and oxygen atoms in total. The van der Waals surface area contributed by atoms with Crippen LogP contribution in [0.5, 0.6) is 0 Å². The molecule has 3 rings (SSSR count). The molecule has 0 radical (unpaired) electrons. The highest BCUT2D eigenvalue weighted by Crippen LogP contribution is 2.20. The van der Waals surface area contributed by atoms with Crippen LogP contribution in [0, 0.1) is 0 Å². The molecule has 0 saturated carbocycles. The lowest BCUT2D eigenvalue weighted by Crippen LogP contribution is -2.17. The van der Waals surface area contributed by atoms with Crippen molar-refractivity contribution in [2.45, 2.75) is 26.2 Å². The van der Waals surface area contributed by atoms with Crippen LogP contribution < -0.4 is 10.6 Å². The number of amides is 1. The summed E-state index contributed by atoms with van der Waals surface area (Å²) in [7, 11) is 0. The summed E-state index contributed by atoms with van der Waals surface area (Å²) in [4.78, 5) is 33.4. The molecule has 2 N–H and O–H groups in total. The third kappa shape index (κ3) is 5.23. The Bertz CT molecular complexity index is 943. The van der Waals surface area contributed by atoms with E-state index in [1.54, 1.807) is 12.1 Å². The van der Waals surface area contributed by atoms with E-state index < -0.39 is 0 Å². The second kappa shape index (κ2) is 9.41. The van der Waals surface area contributed by atoms with Gasteiger partial charge in [-0.25, -0.2) is 9.97 Å². The zero-order chi connectivity index (χ0) is 19.8. The van der Waals surface area contributed by atoms with E-state index in [1.807, 2.05) is 55.5 Å². The molecule has 0 unspecified atom stereocenters. The molecule has 28 heavy (non-hydrogen) atoms. The number of carbonyl (C=O) groups excluding carboxylic acids is 2. The molecule has 3 aromatic rings. The number of nitrogens with one attached hydrogen (secondary N) is 2. The Morgan fingerprint density at radius 2 is 1.57 bits per heavy atom. The van der Waals surface area contributed by atoms with E-state index in [-0.39, 0.29) is 18.1 Å². The predicted molar refractivity (Wildman–Crippen MR) is 110 cm³/mol. The Morgan fingerprint density at radius 1 is 0.929 bits per heavy atom. The van der Waals surface area contributed by atoms with Crippen LogP contribution in [0.3, 0.4) is 0 Å². The molecular weight excluding hydrogens is 352 g/mol. The molecule has 0 spiro atoms. The summed E-state index contributed by atoms with van der Waals surface area (Å²) >= 11 is 0. The highest BCUT2D eigenvalue weighted by Gasteiger charge is 2.16. The van der Waals surface area contributed by atoms with Gasteiger partial charge in [0.1, 0.15) is 23.0 Å². The van der Waals surface area contributed by atoms with Crippen molar-refractivity contribution < 1.29 is 9.59 Å². The Morgan fingerprint density at radius 3 is 2.21 bits per heavy atom. The van der Waals surface area contributed by atoms with Crippen molar-refractivity contribution in [3.05, 3.63) is 78.2 Å².